The van der Waals surface area contributed by atoms with Crippen LogP contribution in [0.25, 0.3) is 0 Å². The maximum atomic E-state index is 5.99. The zero-order valence-electron chi connectivity index (χ0n) is 14.4. The number of hydrogen-bond donors (Lipinski definition) is 0. The highest BCUT2D eigenvalue weighted by atomic mass is 32.0. The third-order valence-electron chi connectivity index (χ3n) is 5.41. The van der Waals surface area contributed by atoms with Crippen LogP contribution in [0.2, 0.25) is 0 Å². The molecule has 2 saturated carbocycles. The molecule has 0 aliphatic heterocycles. The Kier molecular flexibility index (Phi) is 15.4. The Morgan fingerprint density at radius 1 is 0.792 bits per heavy atom. The third kappa shape index (κ3) is 9.47. The summed E-state index contributed by atoms with van der Waals surface area (Å²) in [4.78, 5) is 0. The first-order valence-corrected chi connectivity index (χ1v) is 12.5. The first kappa shape index (κ1) is 24.8. The van der Waals surface area contributed by atoms with Crippen LogP contribution in [-0.4, -0.2) is 31.6 Å². The van der Waals surface area contributed by atoms with Gasteiger partial charge in [-0.3, -0.25) is 0 Å². The molecule has 2 atom stereocenters. The second-order valence-electron chi connectivity index (χ2n) is 7.22. The van der Waals surface area contributed by atoms with E-state index < -0.39 is 0 Å². The number of ether oxygens (including phenoxy) is 2. The molecular weight excluding hydrogens is 334 g/mol. The summed E-state index contributed by atoms with van der Waals surface area (Å²) in [5.74, 6) is 1.95. The Morgan fingerprint density at radius 2 is 1.25 bits per heavy atom. The van der Waals surface area contributed by atoms with Gasteiger partial charge in [-0.1, -0.05) is 21.8 Å². The fraction of sp³-hybridized carbons (Fsp3) is 1.00. The molecule has 0 aromatic rings. The molecule has 4 heteroatoms. The first-order valence-electron chi connectivity index (χ1n) is 9.48. The third-order valence-corrected chi connectivity index (χ3v) is 6.77. The van der Waals surface area contributed by atoms with Crippen LogP contribution in [0.3, 0.4) is 0 Å². The van der Waals surface area contributed by atoms with E-state index in [0.717, 1.165) is 39.7 Å². The topological polar surface area (TPSA) is 18.5 Å². The lowest BCUT2D eigenvalue weighted by Crippen LogP contribution is -2.26. The standard InChI is InChI=1S/C18H36O2P2.2CH4/c1-2-11-19-17-7-3-15(4-8-17)14-16-5-9-18(10-6-16)20-12-13-22-21;;/h15-18,22H,2-14,21H2,1H3;2*1H4. The molecule has 0 heterocycles. The Hall–Kier alpha value is 0.780. The summed E-state index contributed by atoms with van der Waals surface area (Å²) in [5.41, 5.74) is 0. The van der Waals surface area contributed by atoms with Crippen molar-refractivity contribution >= 4 is 17.2 Å². The highest BCUT2D eigenvalue weighted by molar-refractivity contribution is 8.02. The minimum absolute atomic E-state index is 0. The largest absolute Gasteiger partial charge is 0.378 e. The van der Waals surface area contributed by atoms with Crippen LogP contribution in [0.5, 0.6) is 0 Å². The van der Waals surface area contributed by atoms with Crippen molar-refractivity contribution in [1.29, 1.82) is 0 Å². The fourth-order valence-electron chi connectivity index (χ4n) is 4.11. The van der Waals surface area contributed by atoms with Crippen molar-refractivity contribution < 1.29 is 9.47 Å². The van der Waals surface area contributed by atoms with Crippen LogP contribution in [0.15, 0.2) is 0 Å². The van der Waals surface area contributed by atoms with Gasteiger partial charge < -0.3 is 9.47 Å². The zero-order valence-corrected chi connectivity index (χ0v) is 16.6. The van der Waals surface area contributed by atoms with Gasteiger partial charge >= 0.3 is 0 Å². The van der Waals surface area contributed by atoms with Crippen molar-refractivity contribution in [2.45, 2.75) is 98.2 Å². The Labute approximate surface area is 156 Å². The molecular formula is C20H44O2P2. The molecule has 2 aliphatic carbocycles. The van der Waals surface area contributed by atoms with Crippen molar-refractivity contribution in [3.8, 4) is 0 Å². The Morgan fingerprint density at radius 3 is 1.67 bits per heavy atom. The van der Waals surface area contributed by atoms with E-state index in [2.05, 4.69) is 15.9 Å². The molecule has 2 unspecified atom stereocenters. The van der Waals surface area contributed by atoms with Gasteiger partial charge in [0.2, 0.25) is 0 Å². The molecule has 0 N–H and O–H groups in total. The predicted octanol–water partition coefficient (Wildman–Crippen LogP) is 6.68. The smallest absolute Gasteiger partial charge is 0.0575 e. The van der Waals surface area contributed by atoms with Gasteiger partial charge in [0.05, 0.1) is 18.8 Å². The van der Waals surface area contributed by atoms with E-state index in [4.69, 9.17) is 9.47 Å². The van der Waals surface area contributed by atoms with Crippen LogP contribution in [-0.2, 0) is 9.47 Å². The van der Waals surface area contributed by atoms with Gasteiger partial charge in [0.15, 0.2) is 0 Å². The van der Waals surface area contributed by atoms with Gasteiger partial charge in [-0.25, -0.2) is 0 Å². The fourth-order valence-corrected chi connectivity index (χ4v) is 4.70. The van der Waals surface area contributed by atoms with Crippen molar-refractivity contribution in [3.63, 3.8) is 0 Å². The van der Waals surface area contributed by atoms with Gasteiger partial charge in [0, 0.05) is 6.61 Å². The van der Waals surface area contributed by atoms with Crippen molar-refractivity contribution in [3.05, 3.63) is 0 Å². The van der Waals surface area contributed by atoms with Crippen LogP contribution < -0.4 is 0 Å². The van der Waals surface area contributed by atoms with E-state index in [0.29, 0.717) is 12.2 Å². The molecule has 0 spiro atoms. The first-order chi connectivity index (χ1) is 10.8. The molecule has 0 bridgehead atoms. The van der Waals surface area contributed by atoms with Gasteiger partial charge in [0.1, 0.15) is 0 Å². The highest BCUT2D eigenvalue weighted by Gasteiger charge is 2.27. The van der Waals surface area contributed by atoms with Gasteiger partial charge in [-0.2, -0.15) is 0 Å². The molecule has 0 amide bonds. The van der Waals surface area contributed by atoms with E-state index >= 15 is 0 Å². The van der Waals surface area contributed by atoms with Crippen molar-refractivity contribution in [2.24, 2.45) is 11.8 Å². The highest BCUT2D eigenvalue weighted by Crippen LogP contribution is 2.36. The van der Waals surface area contributed by atoms with Gasteiger partial charge in [0.25, 0.3) is 0 Å². The van der Waals surface area contributed by atoms with E-state index in [9.17, 15) is 0 Å². The predicted molar refractivity (Wildman–Crippen MR) is 115 cm³/mol. The molecule has 0 saturated heterocycles. The normalized spacial score (nSPS) is 30.8. The average Bonchev–Trinajstić information content (AvgIpc) is 2.56. The SMILES string of the molecule is C.C.CCCOC1CCC(CC2CCC(OCCPP)CC2)CC1. The summed E-state index contributed by atoms with van der Waals surface area (Å²) in [6.45, 7) is 4.13. The molecule has 24 heavy (non-hydrogen) atoms. The van der Waals surface area contributed by atoms with Crippen LogP contribution in [0, 0.1) is 11.8 Å². The second-order valence-corrected chi connectivity index (χ2v) is 9.35. The lowest BCUT2D eigenvalue weighted by atomic mass is 9.76. The number of rotatable bonds is 9. The molecule has 0 aromatic carbocycles. The van der Waals surface area contributed by atoms with Gasteiger partial charge in [-0.15, -0.1) is 17.2 Å². The Balaban J connectivity index is 0.00000264. The second kappa shape index (κ2) is 14.9. The van der Waals surface area contributed by atoms with Crippen LogP contribution in [0.4, 0.5) is 0 Å². The molecule has 0 radical (unpaired) electrons. The maximum absolute atomic E-state index is 5.99. The summed E-state index contributed by atoms with van der Waals surface area (Å²) in [6.07, 6.45) is 15.8. The maximum Gasteiger partial charge on any atom is 0.0575 e. The zero-order chi connectivity index (χ0) is 15.6. The molecule has 2 fully saturated rings. The summed E-state index contributed by atoms with van der Waals surface area (Å²) < 4.78 is 11.9. The summed E-state index contributed by atoms with van der Waals surface area (Å²) in [7, 11) is 3.77. The molecule has 2 rings (SSSR count). The minimum Gasteiger partial charge on any atom is -0.378 e. The van der Waals surface area contributed by atoms with E-state index in [1.807, 2.05) is 0 Å². The molecule has 0 aromatic heterocycles. The van der Waals surface area contributed by atoms with Crippen LogP contribution in [0.1, 0.15) is 86.0 Å². The molecule has 2 nitrogen and oxygen atoms in total. The lowest BCUT2D eigenvalue weighted by molar-refractivity contribution is 0.00795. The summed E-state index contributed by atoms with van der Waals surface area (Å²) in [5, 5.41) is 0. The average molecular weight is 379 g/mol. The minimum atomic E-state index is 0. The van der Waals surface area contributed by atoms with Crippen LogP contribution >= 0.6 is 17.2 Å². The van der Waals surface area contributed by atoms with Crippen molar-refractivity contribution in [1.82, 2.24) is 0 Å². The Bertz CT molecular complexity index is 273. The quantitative estimate of drug-likeness (QED) is 0.329. The number of hydrogen-bond acceptors (Lipinski definition) is 2. The van der Waals surface area contributed by atoms with E-state index in [1.54, 1.807) is 0 Å². The molecule has 2 aliphatic rings. The van der Waals surface area contributed by atoms with E-state index in [-0.39, 0.29) is 14.9 Å². The summed E-state index contributed by atoms with van der Waals surface area (Å²) >= 11 is 0. The summed E-state index contributed by atoms with van der Waals surface area (Å²) in [6, 6.07) is 0. The monoisotopic (exact) mass is 378 g/mol. The van der Waals surface area contributed by atoms with Gasteiger partial charge in [-0.05, 0) is 82.2 Å². The van der Waals surface area contributed by atoms with E-state index in [1.165, 1.54) is 63.9 Å². The van der Waals surface area contributed by atoms with Crippen molar-refractivity contribution in [2.75, 3.05) is 19.4 Å². The molecule has 146 valence electrons. The lowest BCUT2D eigenvalue weighted by Gasteiger charge is -2.34.